The molecular weight excluding hydrogens is 404 g/mol. The summed E-state index contributed by atoms with van der Waals surface area (Å²) in [7, 11) is 1.60. The molecule has 32 heavy (non-hydrogen) atoms. The third kappa shape index (κ3) is 4.74. The Kier molecular flexibility index (Phi) is 6.40. The number of ether oxygens (including phenoxy) is 2. The largest absolute Gasteiger partial charge is 0.497 e. The third-order valence-corrected chi connectivity index (χ3v) is 6.46. The molecule has 1 saturated heterocycles. The molecule has 0 saturated carbocycles. The van der Waals surface area contributed by atoms with Crippen molar-refractivity contribution in [2.24, 2.45) is 0 Å². The molecule has 1 fully saturated rings. The average molecular weight is 437 g/mol. The fourth-order valence-corrected chi connectivity index (χ4v) is 4.89. The van der Waals surface area contributed by atoms with Crippen molar-refractivity contribution < 1.29 is 19.1 Å². The van der Waals surface area contributed by atoms with E-state index >= 15 is 0 Å². The van der Waals surface area contributed by atoms with Crippen LogP contribution in [-0.2, 0) is 4.79 Å². The first kappa shape index (κ1) is 22.2. The smallest absolute Gasteiger partial charge is 0.253 e. The fourth-order valence-electron chi connectivity index (χ4n) is 4.89. The standard InChI is InChI=1S/C26H32N2O4/c1-18(2)27-24(29)16-20-17-26(32-23-10-5-4-9-22(20)23)11-13-28(14-12-26)25(30)19-7-6-8-21(15-19)31-3/h4-10,15,18,20H,11-14,16-17H2,1-3H3,(H,27,29). The van der Waals surface area contributed by atoms with Crippen LogP contribution in [0.3, 0.4) is 0 Å². The summed E-state index contributed by atoms with van der Waals surface area (Å²) in [5.41, 5.74) is 1.40. The van der Waals surface area contributed by atoms with E-state index in [2.05, 4.69) is 11.4 Å². The number of carbonyl (C=O) groups is 2. The van der Waals surface area contributed by atoms with Gasteiger partial charge in [0, 0.05) is 49.9 Å². The maximum atomic E-state index is 13.0. The Bertz CT molecular complexity index is 979. The Morgan fingerprint density at radius 1 is 1.16 bits per heavy atom. The molecule has 2 amide bonds. The normalized spacial score (nSPS) is 19.2. The van der Waals surface area contributed by atoms with Crippen LogP contribution in [0.2, 0.25) is 0 Å². The zero-order valence-corrected chi connectivity index (χ0v) is 19.1. The predicted molar refractivity (Wildman–Crippen MR) is 123 cm³/mol. The summed E-state index contributed by atoms with van der Waals surface area (Å²) in [4.78, 5) is 27.5. The van der Waals surface area contributed by atoms with Gasteiger partial charge in [-0.3, -0.25) is 9.59 Å². The number of likely N-dealkylation sites (tertiary alicyclic amines) is 1. The summed E-state index contributed by atoms with van der Waals surface area (Å²) in [6.07, 6.45) is 2.74. The molecule has 6 nitrogen and oxygen atoms in total. The first-order valence-corrected chi connectivity index (χ1v) is 11.4. The van der Waals surface area contributed by atoms with Crippen LogP contribution in [0.4, 0.5) is 0 Å². The van der Waals surface area contributed by atoms with E-state index < -0.39 is 0 Å². The number of rotatable bonds is 5. The van der Waals surface area contributed by atoms with Crippen LogP contribution in [-0.4, -0.2) is 48.6 Å². The van der Waals surface area contributed by atoms with Gasteiger partial charge in [-0.15, -0.1) is 0 Å². The average Bonchev–Trinajstić information content (AvgIpc) is 2.78. The Morgan fingerprint density at radius 2 is 1.91 bits per heavy atom. The highest BCUT2D eigenvalue weighted by molar-refractivity contribution is 5.94. The Labute approximate surface area is 189 Å². The van der Waals surface area contributed by atoms with Crippen LogP contribution in [0.15, 0.2) is 48.5 Å². The molecule has 0 aliphatic carbocycles. The number of benzene rings is 2. The number of amides is 2. The van der Waals surface area contributed by atoms with E-state index in [0.29, 0.717) is 30.8 Å². The molecule has 2 aromatic carbocycles. The van der Waals surface area contributed by atoms with Gasteiger partial charge >= 0.3 is 0 Å². The van der Waals surface area contributed by atoms with Crippen molar-refractivity contribution in [3.8, 4) is 11.5 Å². The lowest BCUT2D eigenvalue weighted by molar-refractivity contribution is -0.122. The van der Waals surface area contributed by atoms with Crippen LogP contribution in [0.1, 0.15) is 61.4 Å². The molecular formula is C26H32N2O4. The number of nitrogens with one attached hydrogen (secondary N) is 1. The minimum absolute atomic E-state index is 0.0165. The molecule has 4 rings (SSSR count). The van der Waals surface area contributed by atoms with Crippen molar-refractivity contribution in [3.63, 3.8) is 0 Å². The van der Waals surface area contributed by atoms with Gasteiger partial charge in [0.15, 0.2) is 0 Å². The van der Waals surface area contributed by atoms with Crippen molar-refractivity contribution in [2.45, 2.75) is 57.1 Å². The number of nitrogens with zero attached hydrogens (tertiary/aromatic N) is 1. The van der Waals surface area contributed by atoms with Gasteiger partial charge in [0.2, 0.25) is 5.91 Å². The molecule has 1 atom stereocenters. The van der Waals surface area contributed by atoms with E-state index in [1.165, 1.54) is 0 Å². The van der Waals surface area contributed by atoms with E-state index in [0.717, 1.165) is 30.6 Å². The lowest BCUT2D eigenvalue weighted by Crippen LogP contribution is -2.52. The van der Waals surface area contributed by atoms with Crippen LogP contribution < -0.4 is 14.8 Å². The van der Waals surface area contributed by atoms with E-state index in [-0.39, 0.29) is 29.4 Å². The molecule has 1 spiro atoms. The predicted octanol–water partition coefficient (Wildman–Crippen LogP) is 4.15. The van der Waals surface area contributed by atoms with Gasteiger partial charge in [0.1, 0.15) is 17.1 Å². The van der Waals surface area contributed by atoms with Crippen molar-refractivity contribution in [2.75, 3.05) is 20.2 Å². The monoisotopic (exact) mass is 436 g/mol. The summed E-state index contributed by atoms with van der Waals surface area (Å²) in [6, 6.07) is 15.4. The van der Waals surface area contributed by atoms with Gasteiger partial charge in [-0.1, -0.05) is 24.3 Å². The van der Waals surface area contributed by atoms with Crippen molar-refractivity contribution in [1.29, 1.82) is 0 Å². The van der Waals surface area contributed by atoms with Crippen LogP contribution >= 0.6 is 0 Å². The van der Waals surface area contributed by atoms with Crippen molar-refractivity contribution in [3.05, 3.63) is 59.7 Å². The van der Waals surface area contributed by atoms with Crippen LogP contribution in [0.25, 0.3) is 0 Å². The number of carbonyl (C=O) groups excluding carboxylic acids is 2. The molecule has 170 valence electrons. The van der Waals surface area contributed by atoms with E-state index in [1.807, 2.05) is 55.1 Å². The molecule has 1 unspecified atom stereocenters. The summed E-state index contributed by atoms with van der Waals surface area (Å²) in [5.74, 6) is 1.75. The van der Waals surface area contributed by atoms with E-state index in [1.54, 1.807) is 13.2 Å². The second-order valence-corrected chi connectivity index (χ2v) is 9.17. The zero-order valence-electron chi connectivity index (χ0n) is 19.1. The van der Waals surface area contributed by atoms with Gasteiger partial charge in [-0.2, -0.15) is 0 Å². The molecule has 2 aromatic rings. The molecule has 2 aliphatic heterocycles. The molecule has 0 aromatic heterocycles. The number of fused-ring (bicyclic) bond motifs is 1. The van der Waals surface area contributed by atoms with Crippen molar-refractivity contribution in [1.82, 2.24) is 10.2 Å². The fraction of sp³-hybridized carbons (Fsp3) is 0.462. The first-order chi connectivity index (χ1) is 15.4. The van der Waals surface area contributed by atoms with Gasteiger partial charge < -0.3 is 19.7 Å². The summed E-state index contributed by atoms with van der Waals surface area (Å²) in [6.45, 7) is 5.21. The lowest BCUT2D eigenvalue weighted by Gasteiger charge is -2.47. The second kappa shape index (κ2) is 9.23. The second-order valence-electron chi connectivity index (χ2n) is 9.17. The van der Waals surface area contributed by atoms with Gasteiger partial charge in [-0.25, -0.2) is 0 Å². The summed E-state index contributed by atoms with van der Waals surface area (Å²) in [5, 5.41) is 3.02. The molecule has 0 bridgehead atoms. The number of hydrogen-bond donors (Lipinski definition) is 1. The number of methoxy groups -OCH3 is 1. The maximum absolute atomic E-state index is 13.0. The topological polar surface area (TPSA) is 67.9 Å². The molecule has 6 heteroatoms. The van der Waals surface area contributed by atoms with Crippen LogP contribution in [0.5, 0.6) is 11.5 Å². The Hall–Kier alpha value is -3.02. The Morgan fingerprint density at radius 3 is 2.62 bits per heavy atom. The molecule has 2 aliphatic rings. The van der Waals surface area contributed by atoms with Crippen molar-refractivity contribution >= 4 is 11.8 Å². The quantitative estimate of drug-likeness (QED) is 0.765. The maximum Gasteiger partial charge on any atom is 0.253 e. The number of piperidine rings is 1. The highest BCUT2D eigenvalue weighted by atomic mass is 16.5. The van der Waals surface area contributed by atoms with Gasteiger partial charge in [0.25, 0.3) is 5.91 Å². The molecule has 1 N–H and O–H groups in total. The number of para-hydroxylation sites is 1. The highest BCUT2D eigenvalue weighted by Gasteiger charge is 2.44. The minimum Gasteiger partial charge on any atom is -0.497 e. The summed E-state index contributed by atoms with van der Waals surface area (Å²) < 4.78 is 11.8. The highest BCUT2D eigenvalue weighted by Crippen LogP contribution is 2.46. The Balaban J connectivity index is 1.47. The number of hydrogen-bond acceptors (Lipinski definition) is 4. The summed E-state index contributed by atoms with van der Waals surface area (Å²) >= 11 is 0. The lowest BCUT2D eigenvalue weighted by atomic mass is 9.76. The van der Waals surface area contributed by atoms with Gasteiger partial charge in [-0.05, 0) is 50.1 Å². The minimum atomic E-state index is -0.345. The molecule has 2 heterocycles. The third-order valence-electron chi connectivity index (χ3n) is 6.46. The SMILES string of the molecule is COc1cccc(C(=O)N2CCC3(CC2)CC(CC(=O)NC(C)C)c2ccccc2O3)c1. The van der Waals surface area contributed by atoms with E-state index in [9.17, 15) is 9.59 Å². The molecule has 0 radical (unpaired) electrons. The van der Waals surface area contributed by atoms with Gasteiger partial charge in [0.05, 0.1) is 7.11 Å². The van der Waals surface area contributed by atoms with Crippen LogP contribution in [0, 0.1) is 0 Å². The van der Waals surface area contributed by atoms with E-state index in [4.69, 9.17) is 9.47 Å². The first-order valence-electron chi connectivity index (χ1n) is 11.4. The zero-order chi connectivity index (χ0) is 22.7.